The molecule has 2 aliphatic carbocycles. The van der Waals surface area contributed by atoms with Crippen LogP contribution in [0.1, 0.15) is 38.9 Å². The molecule has 0 radical (unpaired) electrons. The standard InChI is InChI=1S/C62H42N2/c1-5-23-43(24-6-1)61(44-25-7-2-8-26-44)52-36-17-15-34-51(52)59-55(61)39-22-41-57(59)63(46-29-11-4-12-30-46)58-42-21-35-50-49-33-16-20-40-56(49)64(60(50)58)62(45-27-9-3-10-28-45)53-37-18-13-31-47(53)48-32-14-19-38-54(48)62/h1-42H. The van der Waals surface area contributed by atoms with Crippen LogP contribution in [0.2, 0.25) is 0 Å². The number of anilines is 3. The van der Waals surface area contributed by atoms with Gasteiger partial charge in [0.25, 0.3) is 0 Å². The molecule has 0 saturated heterocycles. The van der Waals surface area contributed by atoms with Gasteiger partial charge in [-0.15, -0.1) is 0 Å². The summed E-state index contributed by atoms with van der Waals surface area (Å²) in [4.78, 5) is 2.55. The Morgan fingerprint density at radius 2 is 0.766 bits per heavy atom. The normalized spacial score (nSPS) is 13.9. The van der Waals surface area contributed by atoms with Crippen molar-refractivity contribution in [3.05, 3.63) is 294 Å². The van der Waals surface area contributed by atoms with Crippen LogP contribution >= 0.6 is 0 Å². The molecular formula is C62H42N2. The Morgan fingerprint density at radius 1 is 0.312 bits per heavy atom. The summed E-state index contributed by atoms with van der Waals surface area (Å²) in [5, 5.41) is 2.43. The summed E-state index contributed by atoms with van der Waals surface area (Å²) in [6, 6.07) is 94.5. The molecule has 11 aromatic rings. The molecule has 0 amide bonds. The minimum Gasteiger partial charge on any atom is -0.320 e. The largest absolute Gasteiger partial charge is 0.320 e. The number of rotatable bonds is 7. The van der Waals surface area contributed by atoms with E-state index < -0.39 is 11.0 Å². The zero-order chi connectivity index (χ0) is 42.2. The van der Waals surface area contributed by atoms with E-state index in [9.17, 15) is 0 Å². The van der Waals surface area contributed by atoms with Crippen LogP contribution in [0.15, 0.2) is 255 Å². The van der Waals surface area contributed by atoms with Gasteiger partial charge in [-0.3, -0.25) is 0 Å². The smallest absolute Gasteiger partial charge is 0.122 e. The second-order valence-electron chi connectivity index (χ2n) is 17.1. The fourth-order valence-electron chi connectivity index (χ4n) is 11.7. The SMILES string of the molecule is c1ccc(N(c2cccc3c2-c2ccccc2C3(c2ccccc2)c2ccccc2)c2cccc3c4ccccc4n(C4(c5ccccc5)c5ccccc5-c5ccccc54)c23)cc1. The average Bonchev–Trinajstić information content (AvgIpc) is 3.99. The maximum atomic E-state index is 2.69. The molecule has 0 spiro atoms. The topological polar surface area (TPSA) is 8.17 Å². The molecule has 0 bridgehead atoms. The summed E-state index contributed by atoms with van der Waals surface area (Å²) in [5.41, 5.74) is 18.3. The van der Waals surface area contributed by atoms with Crippen molar-refractivity contribution < 1.29 is 0 Å². The molecule has 2 nitrogen and oxygen atoms in total. The number of fused-ring (bicyclic) bond motifs is 9. The molecule has 0 unspecified atom stereocenters. The molecule has 1 heterocycles. The Balaban J connectivity index is 1.19. The minimum absolute atomic E-state index is 0.539. The minimum atomic E-state index is -0.699. The van der Waals surface area contributed by atoms with E-state index in [-0.39, 0.29) is 0 Å². The number of hydrogen-bond acceptors (Lipinski definition) is 1. The van der Waals surface area contributed by atoms with Gasteiger partial charge in [0, 0.05) is 22.0 Å². The summed E-state index contributed by atoms with van der Waals surface area (Å²) < 4.78 is 2.69. The summed E-state index contributed by atoms with van der Waals surface area (Å²) in [5.74, 6) is 0. The van der Waals surface area contributed by atoms with Gasteiger partial charge < -0.3 is 9.47 Å². The first-order chi connectivity index (χ1) is 31.8. The number of para-hydroxylation sites is 3. The molecule has 0 saturated carbocycles. The highest BCUT2D eigenvalue weighted by atomic mass is 15.2. The zero-order valence-electron chi connectivity index (χ0n) is 35.1. The lowest BCUT2D eigenvalue weighted by Gasteiger charge is -2.38. The number of nitrogens with zero attached hydrogens (tertiary/aromatic N) is 2. The van der Waals surface area contributed by atoms with Gasteiger partial charge in [-0.1, -0.05) is 224 Å². The lowest BCUT2D eigenvalue weighted by molar-refractivity contribution is 0.564. The Bertz CT molecular complexity index is 3470. The van der Waals surface area contributed by atoms with Gasteiger partial charge in [-0.05, 0) is 86.0 Å². The van der Waals surface area contributed by atoms with Crippen LogP contribution in [-0.4, -0.2) is 4.57 Å². The van der Waals surface area contributed by atoms with E-state index in [1.165, 1.54) is 83.0 Å². The van der Waals surface area contributed by atoms with Crippen LogP contribution in [0.4, 0.5) is 17.1 Å². The molecule has 1 aromatic heterocycles. The predicted octanol–water partition coefficient (Wildman–Crippen LogP) is 15.4. The molecule has 13 rings (SSSR count). The molecule has 2 heteroatoms. The van der Waals surface area contributed by atoms with Crippen LogP contribution < -0.4 is 4.90 Å². The molecule has 0 N–H and O–H groups in total. The van der Waals surface area contributed by atoms with Gasteiger partial charge >= 0.3 is 0 Å². The van der Waals surface area contributed by atoms with E-state index in [4.69, 9.17) is 0 Å². The molecule has 0 fully saturated rings. The van der Waals surface area contributed by atoms with Gasteiger partial charge in [-0.25, -0.2) is 0 Å². The van der Waals surface area contributed by atoms with Crippen molar-refractivity contribution >= 4 is 38.9 Å². The monoisotopic (exact) mass is 814 g/mol. The third kappa shape index (κ3) is 4.85. The van der Waals surface area contributed by atoms with E-state index in [1.807, 2.05) is 0 Å². The second kappa shape index (κ2) is 14.2. The first-order valence-electron chi connectivity index (χ1n) is 22.3. The molecule has 0 atom stereocenters. The van der Waals surface area contributed by atoms with Gasteiger partial charge in [0.05, 0.1) is 27.8 Å². The Hall–Kier alpha value is -8.20. The Kier molecular flexibility index (Phi) is 8.07. The maximum absolute atomic E-state index is 2.69. The summed E-state index contributed by atoms with van der Waals surface area (Å²) in [6.07, 6.45) is 0. The summed E-state index contributed by atoms with van der Waals surface area (Å²) in [7, 11) is 0. The summed E-state index contributed by atoms with van der Waals surface area (Å²) >= 11 is 0. The molecule has 64 heavy (non-hydrogen) atoms. The van der Waals surface area contributed by atoms with Crippen molar-refractivity contribution in [3.8, 4) is 22.3 Å². The average molecular weight is 815 g/mol. The van der Waals surface area contributed by atoms with Gasteiger partial charge in [-0.2, -0.15) is 0 Å². The van der Waals surface area contributed by atoms with E-state index in [0.717, 1.165) is 17.1 Å². The first kappa shape index (κ1) is 36.5. The van der Waals surface area contributed by atoms with Crippen LogP contribution in [-0.2, 0) is 11.0 Å². The molecule has 2 aliphatic rings. The van der Waals surface area contributed by atoms with Crippen LogP contribution in [0.3, 0.4) is 0 Å². The molecule has 10 aromatic carbocycles. The highest BCUT2D eigenvalue weighted by Gasteiger charge is 2.49. The Morgan fingerprint density at radius 3 is 1.41 bits per heavy atom. The van der Waals surface area contributed by atoms with Gasteiger partial charge in [0.15, 0.2) is 0 Å². The number of benzene rings is 10. The number of hydrogen-bond donors (Lipinski definition) is 0. The van der Waals surface area contributed by atoms with E-state index >= 15 is 0 Å². The third-order valence-electron chi connectivity index (χ3n) is 14.1. The van der Waals surface area contributed by atoms with E-state index in [1.54, 1.807) is 0 Å². The maximum Gasteiger partial charge on any atom is 0.122 e. The lowest BCUT2D eigenvalue weighted by Crippen LogP contribution is -2.36. The quantitative estimate of drug-likeness (QED) is 0.156. The fourth-order valence-corrected chi connectivity index (χ4v) is 11.7. The highest BCUT2D eigenvalue weighted by molar-refractivity contribution is 6.15. The zero-order valence-corrected chi connectivity index (χ0v) is 35.1. The van der Waals surface area contributed by atoms with Crippen molar-refractivity contribution in [3.63, 3.8) is 0 Å². The van der Waals surface area contributed by atoms with Crippen LogP contribution in [0, 0.1) is 0 Å². The van der Waals surface area contributed by atoms with Crippen molar-refractivity contribution in [2.75, 3.05) is 4.90 Å². The third-order valence-corrected chi connectivity index (χ3v) is 14.1. The van der Waals surface area contributed by atoms with Crippen molar-refractivity contribution in [2.45, 2.75) is 11.0 Å². The molecular weight excluding hydrogens is 773 g/mol. The van der Waals surface area contributed by atoms with E-state index in [2.05, 4.69) is 264 Å². The van der Waals surface area contributed by atoms with Gasteiger partial charge in [0.1, 0.15) is 5.54 Å². The highest BCUT2D eigenvalue weighted by Crippen LogP contribution is 2.61. The number of aromatic nitrogens is 1. The van der Waals surface area contributed by atoms with Gasteiger partial charge in [0.2, 0.25) is 0 Å². The first-order valence-corrected chi connectivity index (χ1v) is 22.3. The van der Waals surface area contributed by atoms with Crippen LogP contribution in [0.5, 0.6) is 0 Å². The molecule has 0 aliphatic heterocycles. The second-order valence-corrected chi connectivity index (χ2v) is 17.1. The summed E-state index contributed by atoms with van der Waals surface area (Å²) in [6.45, 7) is 0. The van der Waals surface area contributed by atoms with Crippen molar-refractivity contribution in [2.24, 2.45) is 0 Å². The fraction of sp³-hybridized carbons (Fsp3) is 0.0323. The molecule has 300 valence electrons. The van der Waals surface area contributed by atoms with Crippen molar-refractivity contribution in [1.82, 2.24) is 4.57 Å². The van der Waals surface area contributed by atoms with Crippen molar-refractivity contribution in [1.29, 1.82) is 0 Å². The Labute approximate surface area is 373 Å². The lowest BCUT2D eigenvalue weighted by atomic mass is 9.68. The van der Waals surface area contributed by atoms with E-state index in [0.29, 0.717) is 0 Å². The predicted molar refractivity (Wildman–Crippen MR) is 265 cm³/mol. The van der Waals surface area contributed by atoms with Crippen LogP contribution in [0.25, 0.3) is 44.1 Å².